The molecule has 12 heavy (non-hydrogen) atoms. The molecule has 1 N–H and O–H groups in total. The lowest BCUT2D eigenvalue weighted by atomic mass is 10.4. The molecule has 0 saturated carbocycles. The summed E-state index contributed by atoms with van der Waals surface area (Å²) in [6.45, 7) is 1.62. The van der Waals surface area contributed by atoms with Gasteiger partial charge in [-0.25, -0.2) is 0 Å². The second-order valence-electron chi connectivity index (χ2n) is 2.35. The number of amides is 1. The van der Waals surface area contributed by atoms with Crippen molar-refractivity contribution in [3.05, 3.63) is 24.5 Å². The third-order valence-electron chi connectivity index (χ3n) is 1.29. The number of hydrogen-bond acceptors (Lipinski definition) is 2. The Morgan fingerprint density at radius 3 is 3.00 bits per heavy atom. The molecule has 0 aliphatic heterocycles. The Bertz CT molecular complexity index is 261. The number of alkyl halides is 1. The third kappa shape index (κ3) is 2.51. The van der Waals surface area contributed by atoms with Crippen molar-refractivity contribution in [2.45, 2.75) is 12.3 Å². The zero-order valence-corrected chi connectivity index (χ0v) is 7.38. The van der Waals surface area contributed by atoms with Gasteiger partial charge in [0.15, 0.2) is 0 Å². The first-order valence-corrected chi connectivity index (χ1v) is 3.99. The topological polar surface area (TPSA) is 42.0 Å². The lowest BCUT2D eigenvalue weighted by Crippen LogP contribution is -2.20. The van der Waals surface area contributed by atoms with E-state index in [1.807, 2.05) is 0 Å². The Hall–Kier alpha value is -1.09. The normalized spacial score (nSPS) is 12.2. The first-order valence-electron chi connectivity index (χ1n) is 3.55. The summed E-state index contributed by atoms with van der Waals surface area (Å²) in [5.41, 5.74) is 0.662. The van der Waals surface area contributed by atoms with E-state index in [0.29, 0.717) is 5.69 Å². The molecule has 1 atom stereocenters. The van der Waals surface area contributed by atoms with Crippen molar-refractivity contribution in [1.29, 1.82) is 0 Å². The lowest BCUT2D eigenvalue weighted by molar-refractivity contribution is -0.115. The first kappa shape index (κ1) is 9.00. The van der Waals surface area contributed by atoms with Crippen molar-refractivity contribution < 1.29 is 4.79 Å². The molecule has 1 amide bonds. The molecular weight excluding hydrogens is 176 g/mol. The SMILES string of the molecule is C[C@H](Cl)C(=O)Nc1cccnc1. The van der Waals surface area contributed by atoms with Crippen LogP contribution in [0.3, 0.4) is 0 Å². The number of hydrogen-bond donors (Lipinski definition) is 1. The summed E-state index contributed by atoms with van der Waals surface area (Å²) in [6.07, 6.45) is 3.21. The Morgan fingerprint density at radius 1 is 1.75 bits per heavy atom. The number of carbonyl (C=O) groups is 1. The number of anilines is 1. The van der Waals surface area contributed by atoms with E-state index in [4.69, 9.17) is 11.6 Å². The largest absolute Gasteiger partial charge is 0.323 e. The van der Waals surface area contributed by atoms with Crippen molar-refractivity contribution >= 4 is 23.2 Å². The minimum absolute atomic E-state index is 0.218. The fraction of sp³-hybridized carbons (Fsp3) is 0.250. The average Bonchev–Trinajstić information content (AvgIpc) is 2.06. The summed E-state index contributed by atoms with van der Waals surface area (Å²) in [7, 11) is 0. The molecule has 0 fully saturated rings. The Morgan fingerprint density at radius 2 is 2.50 bits per heavy atom. The summed E-state index contributed by atoms with van der Waals surface area (Å²) >= 11 is 5.55. The quantitative estimate of drug-likeness (QED) is 0.711. The fourth-order valence-electron chi connectivity index (χ4n) is 0.678. The molecular formula is C8H9ClN2O. The van der Waals surface area contributed by atoms with E-state index in [-0.39, 0.29) is 5.91 Å². The van der Waals surface area contributed by atoms with Gasteiger partial charge in [-0.2, -0.15) is 0 Å². The highest BCUT2D eigenvalue weighted by Gasteiger charge is 2.08. The van der Waals surface area contributed by atoms with Crippen LogP contribution in [-0.2, 0) is 4.79 Å². The van der Waals surface area contributed by atoms with Crippen molar-refractivity contribution in [2.75, 3.05) is 5.32 Å². The van der Waals surface area contributed by atoms with Crippen molar-refractivity contribution in [3.63, 3.8) is 0 Å². The van der Waals surface area contributed by atoms with E-state index in [9.17, 15) is 4.79 Å². The predicted molar refractivity (Wildman–Crippen MR) is 48.2 cm³/mol. The van der Waals surface area contributed by atoms with Crippen LogP contribution in [0.5, 0.6) is 0 Å². The van der Waals surface area contributed by atoms with Gasteiger partial charge in [-0.3, -0.25) is 9.78 Å². The van der Waals surface area contributed by atoms with E-state index >= 15 is 0 Å². The van der Waals surface area contributed by atoms with Gasteiger partial charge in [0.1, 0.15) is 5.38 Å². The Labute approximate surface area is 75.8 Å². The van der Waals surface area contributed by atoms with Crippen LogP contribution >= 0.6 is 11.6 Å². The standard InChI is InChI=1S/C8H9ClN2O/c1-6(9)8(12)11-7-3-2-4-10-5-7/h2-6H,1H3,(H,11,12)/t6-/m0/s1. The van der Waals surface area contributed by atoms with Crippen molar-refractivity contribution in [2.24, 2.45) is 0 Å². The maximum atomic E-state index is 11.0. The molecule has 0 spiro atoms. The zero-order chi connectivity index (χ0) is 8.97. The minimum Gasteiger partial charge on any atom is -0.323 e. The minimum atomic E-state index is -0.523. The molecule has 3 nitrogen and oxygen atoms in total. The lowest BCUT2D eigenvalue weighted by Gasteiger charge is -2.04. The molecule has 1 aromatic heterocycles. The van der Waals surface area contributed by atoms with Gasteiger partial charge in [0, 0.05) is 6.20 Å². The molecule has 4 heteroatoms. The summed E-state index contributed by atoms with van der Waals surface area (Å²) in [5.74, 6) is -0.218. The first-order chi connectivity index (χ1) is 5.70. The highest BCUT2D eigenvalue weighted by atomic mass is 35.5. The molecule has 1 rings (SSSR count). The average molecular weight is 185 g/mol. The zero-order valence-electron chi connectivity index (χ0n) is 6.62. The molecule has 0 radical (unpaired) electrons. The van der Waals surface area contributed by atoms with Gasteiger partial charge < -0.3 is 5.32 Å². The van der Waals surface area contributed by atoms with Crippen LogP contribution in [0, 0.1) is 0 Å². The van der Waals surface area contributed by atoms with Gasteiger partial charge in [0.2, 0.25) is 5.91 Å². The summed E-state index contributed by atoms with van der Waals surface area (Å²) in [6, 6.07) is 3.50. The summed E-state index contributed by atoms with van der Waals surface area (Å²) < 4.78 is 0. The number of pyridine rings is 1. The van der Waals surface area contributed by atoms with E-state index in [0.717, 1.165) is 0 Å². The monoisotopic (exact) mass is 184 g/mol. The van der Waals surface area contributed by atoms with Crippen LogP contribution in [0.1, 0.15) is 6.92 Å². The van der Waals surface area contributed by atoms with Crippen LogP contribution in [0.4, 0.5) is 5.69 Å². The molecule has 0 bridgehead atoms. The molecule has 0 aromatic carbocycles. The summed E-state index contributed by atoms with van der Waals surface area (Å²) in [5, 5.41) is 2.09. The third-order valence-corrected chi connectivity index (χ3v) is 1.49. The van der Waals surface area contributed by atoms with Crippen LogP contribution in [0.25, 0.3) is 0 Å². The van der Waals surface area contributed by atoms with Gasteiger partial charge in [-0.15, -0.1) is 11.6 Å². The smallest absolute Gasteiger partial charge is 0.242 e. The Balaban J connectivity index is 2.59. The molecule has 0 aliphatic carbocycles. The molecule has 1 heterocycles. The second kappa shape index (κ2) is 4.07. The maximum absolute atomic E-state index is 11.0. The van der Waals surface area contributed by atoms with Gasteiger partial charge in [0.25, 0.3) is 0 Å². The molecule has 64 valence electrons. The number of halogens is 1. The summed E-state index contributed by atoms with van der Waals surface area (Å²) in [4.78, 5) is 14.9. The van der Waals surface area contributed by atoms with E-state index in [2.05, 4.69) is 10.3 Å². The molecule has 1 aromatic rings. The van der Waals surface area contributed by atoms with Crippen LogP contribution in [-0.4, -0.2) is 16.3 Å². The van der Waals surface area contributed by atoms with Gasteiger partial charge in [-0.05, 0) is 19.1 Å². The highest BCUT2D eigenvalue weighted by molar-refractivity contribution is 6.32. The van der Waals surface area contributed by atoms with Crippen LogP contribution in [0.2, 0.25) is 0 Å². The predicted octanol–water partition coefficient (Wildman–Crippen LogP) is 1.65. The molecule has 0 aliphatic rings. The molecule has 0 unspecified atom stereocenters. The van der Waals surface area contributed by atoms with Crippen LogP contribution in [0.15, 0.2) is 24.5 Å². The van der Waals surface area contributed by atoms with Crippen molar-refractivity contribution in [1.82, 2.24) is 4.98 Å². The fourth-order valence-corrected chi connectivity index (χ4v) is 0.733. The van der Waals surface area contributed by atoms with E-state index < -0.39 is 5.38 Å². The number of nitrogens with zero attached hydrogens (tertiary/aromatic N) is 1. The Kier molecular flexibility index (Phi) is 3.05. The number of aromatic nitrogens is 1. The van der Waals surface area contributed by atoms with Crippen LogP contribution < -0.4 is 5.32 Å². The highest BCUT2D eigenvalue weighted by Crippen LogP contribution is 2.04. The number of rotatable bonds is 2. The van der Waals surface area contributed by atoms with Crippen molar-refractivity contribution in [3.8, 4) is 0 Å². The molecule has 0 saturated heterocycles. The van der Waals surface area contributed by atoms with Gasteiger partial charge in [-0.1, -0.05) is 0 Å². The number of carbonyl (C=O) groups excluding carboxylic acids is 1. The van der Waals surface area contributed by atoms with E-state index in [1.54, 1.807) is 31.5 Å². The maximum Gasteiger partial charge on any atom is 0.242 e. The second-order valence-corrected chi connectivity index (χ2v) is 3.00. The van der Waals surface area contributed by atoms with E-state index in [1.165, 1.54) is 0 Å². The van der Waals surface area contributed by atoms with Gasteiger partial charge >= 0.3 is 0 Å². The number of nitrogens with one attached hydrogen (secondary N) is 1. The van der Waals surface area contributed by atoms with Gasteiger partial charge in [0.05, 0.1) is 11.9 Å².